The number of amides is 2. The molecule has 0 heterocycles. The van der Waals surface area contributed by atoms with E-state index in [9.17, 15) is 22.4 Å². The number of hydrogen-bond acceptors (Lipinski definition) is 5. The van der Waals surface area contributed by atoms with Crippen LogP contribution in [0.25, 0.3) is 0 Å². The number of methoxy groups -OCH3 is 1. The molecule has 0 aliphatic carbocycles. The lowest BCUT2D eigenvalue weighted by Gasteiger charge is -2.34. The number of para-hydroxylation sites is 2. The first-order valence-electron chi connectivity index (χ1n) is 14.3. The number of rotatable bonds is 14. The lowest BCUT2D eigenvalue weighted by Crippen LogP contribution is -2.53. The summed E-state index contributed by atoms with van der Waals surface area (Å²) in [4.78, 5) is 29.4. The minimum absolute atomic E-state index is 0.00897. The first-order valence-corrected chi connectivity index (χ1v) is 15.7. The molecule has 0 radical (unpaired) electrons. The van der Waals surface area contributed by atoms with Gasteiger partial charge in [0.1, 0.15) is 24.2 Å². The summed E-state index contributed by atoms with van der Waals surface area (Å²) in [6.07, 6.45) is 0.871. The second kappa shape index (κ2) is 15.2. The number of carbonyl (C=O) groups excluding carboxylic acids is 2. The molecule has 0 fully saturated rings. The van der Waals surface area contributed by atoms with Crippen LogP contribution in [-0.4, -0.2) is 51.4 Å². The molecule has 2 amide bonds. The van der Waals surface area contributed by atoms with Crippen LogP contribution in [0.15, 0.2) is 114 Å². The molecule has 0 saturated heterocycles. The molecule has 1 atom stereocenters. The molecule has 4 aromatic rings. The Morgan fingerprint density at radius 3 is 2.09 bits per heavy atom. The Bertz CT molecular complexity index is 1630. The molecule has 8 nitrogen and oxygen atoms in total. The number of benzene rings is 4. The Kier molecular flexibility index (Phi) is 11.1. The minimum atomic E-state index is -4.26. The van der Waals surface area contributed by atoms with E-state index in [1.165, 1.54) is 48.4 Å². The lowest BCUT2D eigenvalue weighted by molar-refractivity contribution is -0.140. The van der Waals surface area contributed by atoms with Crippen LogP contribution in [0.2, 0.25) is 0 Å². The van der Waals surface area contributed by atoms with Gasteiger partial charge in [0.25, 0.3) is 10.0 Å². The average molecular weight is 618 g/mol. The van der Waals surface area contributed by atoms with Crippen molar-refractivity contribution in [1.29, 1.82) is 0 Å². The Hall–Kier alpha value is -4.70. The molecule has 0 saturated carbocycles. The van der Waals surface area contributed by atoms with Gasteiger partial charge in [-0.05, 0) is 53.9 Å². The van der Waals surface area contributed by atoms with Gasteiger partial charge in [-0.2, -0.15) is 0 Å². The zero-order chi connectivity index (χ0) is 31.5. The van der Waals surface area contributed by atoms with Gasteiger partial charge < -0.3 is 15.0 Å². The molecule has 0 aliphatic heterocycles. The van der Waals surface area contributed by atoms with E-state index in [-0.39, 0.29) is 35.2 Å². The third-order valence-corrected chi connectivity index (χ3v) is 8.82. The fourth-order valence-electron chi connectivity index (χ4n) is 4.78. The fraction of sp³-hybridized carbons (Fsp3) is 0.235. The molecule has 4 aromatic carbocycles. The highest BCUT2D eigenvalue weighted by atomic mass is 32.2. The first-order chi connectivity index (χ1) is 21.2. The van der Waals surface area contributed by atoms with Crippen LogP contribution >= 0.6 is 0 Å². The highest BCUT2D eigenvalue weighted by Gasteiger charge is 2.35. The predicted molar refractivity (Wildman–Crippen MR) is 168 cm³/mol. The monoisotopic (exact) mass is 617 g/mol. The molecule has 10 heteroatoms. The summed E-state index contributed by atoms with van der Waals surface area (Å²) < 4.78 is 48.4. The van der Waals surface area contributed by atoms with Crippen molar-refractivity contribution in [3.8, 4) is 5.75 Å². The zero-order valence-electron chi connectivity index (χ0n) is 24.7. The van der Waals surface area contributed by atoms with E-state index < -0.39 is 34.3 Å². The van der Waals surface area contributed by atoms with Crippen molar-refractivity contribution in [2.45, 2.75) is 37.2 Å². The van der Waals surface area contributed by atoms with Crippen LogP contribution in [0.3, 0.4) is 0 Å². The number of halogens is 1. The van der Waals surface area contributed by atoms with Crippen molar-refractivity contribution in [3.05, 3.63) is 126 Å². The fourth-order valence-corrected chi connectivity index (χ4v) is 6.22. The van der Waals surface area contributed by atoms with E-state index in [4.69, 9.17) is 4.74 Å². The number of ether oxygens (including phenoxy) is 1. The van der Waals surface area contributed by atoms with Gasteiger partial charge in [-0.1, -0.05) is 79.7 Å². The molecule has 0 unspecified atom stereocenters. The number of nitrogens with zero attached hydrogens (tertiary/aromatic N) is 2. The maximum atomic E-state index is 14.4. The number of sulfonamides is 1. The van der Waals surface area contributed by atoms with E-state index in [0.717, 1.165) is 9.87 Å². The van der Waals surface area contributed by atoms with Crippen LogP contribution in [0.1, 0.15) is 24.5 Å². The number of carbonyl (C=O) groups is 2. The van der Waals surface area contributed by atoms with Crippen LogP contribution in [0, 0.1) is 5.82 Å². The summed E-state index contributed by atoms with van der Waals surface area (Å²) in [6.45, 7) is 1.65. The van der Waals surface area contributed by atoms with E-state index in [1.54, 1.807) is 42.5 Å². The Labute approximate surface area is 258 Å². The van der Waals surface area contributed by atoms with Gasteiger partial charge >= 0.3 is 0 Å². The van der Waals surface area contributed by atoms with Crippen LogP contribution in [0.5, 0.6) is 5.75 Å². The van der Waals surface area contributed by atoms with Crippen LogP contribution in [0.4, 0.5) is 10.1 Å². The quantitative estimate of drug-likeness (QED) is 0.210. The minimum Gasteiger partial charge on any atom is -0.495 e. The van der Waals surface area contributed by atoms with Gasteiger partial charge in [0, 0.05) is 19.5 Å². The van der Waals surface area contributed by atoms with Gasteiger partial charge in [0.05, 0.1) is 17.7 Å². The number of hydrogen-bond donors (Lipinski definition) is 1. The van der Waals surface area contributed by atoms with Gasteiger partial charge in [-0.15, -0.1) is 0 Å². The first kappa shape index (κ1) is 32.2. The maximum Gasteiger partial charge on any atom is 0.264 e. The van der Waals surface area contributed by atoms with Crippen molar-refractivity contribution < 1.29 is 27.1 Å². The van der Waals surface area contributed by atoms with E-state index in [0.29, 0.717) is 18.5 Å². The van der Waals surface area contributed by atoms with Crippen LogP contribution < -0.4 is 14.4 Å². The summed E-state index contributed by atoms with van der Waals surface area (Å²) in [5, 5.41) is 2.90. The SMILES string of the molecule is CCCNC(=O)[C@@H](Cc1ccccc1)N(Cc1ccc(F)cc1)C(=O)CN(c1ccccc1OC)S(=O)(=O)c1ccccc1. The molecule has 0 bridgehead atoms. The number of anilines is 1. The molecule has 1 N–H and O–H groups in total. The van der Waals surface area contributed by atoms with Gasteiger partial charge in [0.15, 0.2) is 0 Å². The highest BCUT2D eigenvalue weighted by molar-refractivity contribution is 7.92. The van der Waals surface area contributed by atoms with E-state index in [1.807, 2.05) is 37.3 Å². The summed E-state index contributed by atoms with van der Waals surface area (Å²) >= 11 is 0. The molecule has 0 spiro atoms. The second-order valence-corrected chi connectivity index (χ2v) is 12.0. The third kappa shape index (κ3) is 8.02. The van der Waals surface area contributed by atoms with Crippen molar-refractivity contribution in [2.75, 3.05) is 24.5 Å². The standard InChI is InChI=1S/C34H36FN3O5S/c1-3-22-36-34(40)31(23-26-12-6-4-7-13-26)37(24-27-18-20-28(35)21-19-27)33(39)25-38(30-16-10-11-17-32(30)43-2)44(41,42)29-14-8-5-9-15-29/h4-21,31H,3,22-25H2,1-2H3,(H,36,40)/t31-/m1/s1. The summed E-state index contributed by atoms with van der Waals surface area (Å²) in [7, 11) is -2.84. The summed E-state index contributed by atoms with van der Waals surface area (Å²) in [5.74, 6) is -1.18. The van der Waals surface area contributed by atoms with Crippen molar-refractivity contribution in [3.63, 3.8) is 0 Å². The lowest BCUT2D eigenvalue weighted by atomic mass is 10.0. The van der Waals surface area contributed by atoms with Gasteiger partial charge in [-0.25, -0.2) is 12.8 Å². The Morgan fingerprint density at radius 2 is 1.45 bits per heavy atom. The van der Waals surface area contributed by atoms with Crippen molar-refractivity contribution in [1.82, 2.24) is 10.2 Å². The third-order valence-electron chi connectivity index (χ3n) is 7.05. The van der Waals surface area contributed by atoms with Crippen molar-refractivity contribution in [2.24, 2.45) is 0 Å². The summed E-state index contributed by atoms with van der Waals surface area (Å²) in [6, 6.07) is 28.3. The van der Waals surface area contributed by atoms with Gasteiger partial charge in [-0.3, -0.25) is 13.9 Å². The number of nitrogens with one attached hydrogen (secondary N) is 1. The largest absolute Gasteiger partial charge is 0.495 e. The normalized spacial score (nSPS) is 11.8. The van der Waals surface area contributed by atoms with Crippen LogP contribution in [-0.2, 0) is 32.6 Å². The molecule has 230 valence electrons. The zero-order valence-corrected chi connectivity index (χ0v) is 25.5. The van der Waals surface area contributed by atoms with Crippen molar-refractivity contribution >= 4 is 27.5 Å². The molecule has 0 aliphatic rings. The average Bonchev–Trinajstić information content (AvgIpc) is 3.05. The molecule has 44 heavy (non-hydrogen) atoms. The predicted octanol–water partition coefficient (Wildman–Crippen LogP) is 5.20. The van der Waals surface area contributed by atoms with E-state index in [2.05, 4.69) is 5.32 Å². The molecular weight excluding hydrogens is 581 g/mol. The topological polar surface area (TPSA) is 96.0 Å². The second-order valence-electron chi connectivity index (χ2n) is 10.1. The molecule has 0 aromatic heterocycles. The van der Waals surface area contributed by atoms with E-state index >= 15 is 0 Å². The smallest absolute Gasteiger partial charge is 0.264 e. The summed E-state index contributed by atoms with van der Waals surface area (Å²) in [5.41, 5.74) is 1.57. The molecule has 4 rings (SSSR count). The maximum absolute atomic E-state index is 14.4. The highest BCUT2D eigenvalue weighted by Crippen LogP contribution is 2.32. The Balaban J connectivity index is 1.81. The Morgan fingerprint density at radius 1 is 0.841 bits per heavy atom. The molecular formula is C34H36FN3O5S. The van der Waals surface area contributed by atoms with Gasteiger partial charge in [0.2, 0.25) is 11.8 Å².